The van der Waals surface area contributed by atoms with Gasteiger partial charge in [-0.1, -0.05) is 31.4 Å². The van der Waals surface area contributed by atoms with Crippen molar-refractivity contribution in [3.63, 3.8) is 0 Å². The highest BCUT2D eigenvalue weighted by atomic mass is 35.5. The fraction of sp³-hybridized carbons (Fsp3) is 0.562. The molecule has 1 aliphatic rings. The second-order valence-electron chi connectivity index (χ2n) is 5.57. The number of methoxy groups -OCH3 is 1. The van der Waals surface area contributed by atoms with E-state index in [2.05, 4.69) is 5.32 Å². The highest BCUT2D eigenvalue weighted by molar-refractivity contribution is 5.86. The van der Waals surface area contributed by atoms with Crippen LogP contribution in [-0.4, -0.2) is 25.1 Å². The molecule has 0 radical (unpaired) electrons. The third kappa shape index (κ3) is 4.90. The Morgan fingerprint density at radius 3 is 2.71 bits per heavy atom. The van der Waals surface area contributed by atoms with Crippen LogP contribution in [0.4, 0.5) is 0 Å². The maximum absolute atomic E-state index is 12.2. The number of carbonyl (C=O) groups excluding carboxylic acids is 1. The van der Waals surface area contributed by atoms with Crippen LogP contribution in [0.1, 0.15) is 37.7 Å². The minimum Gasteiger partial charge on any atom is -0.497 e. The zero-order valence-electron chi connectivity index (χ0n) is 12.6. The Hall–Kier alpha value is -1.26. The second-order valence-corrected chi connectivity index (χ2v) is 5.57. The molecule has 118 valence electrons. The number of amides is 1. The van der Waals surface area contributed by atoms with Crippen LogP contribution in [0, 0.1) is 0 Å². The van der Waals surface area contributed by atoms with E-state index in [9.17, 15) is 4.79 Å². The Morgan fingerprint density at radius 1 is 1.33 bits per heavy atom. The fourth-order valence-electron chi connectivity index (χ4n) is 2.73. The van der Waals surface area contributed by atoms with E-state index in [0.717, 1.165) is 43.4 Å². The molecular formula is C16H25ClN2O2. The maximum atomic E-state index is 12.2. The zero-order valence-corrected chi connectivity index (χ0v) is 13.4. The lowest BCUT2D eigenvalue weighted by Crippen LogP contribution is -2.55. The van der Waals surface area contributed by atoms with Gasteiger partial charge in [0, 0.05) is 6.54 Å². The Bertz CT molecular complexity index is 459. The normalized spacial score (nSPS) is 16.7. The monoisotopic (exact) mass is 312 g/mol. The third-order valence-electron chi connectivity index (χ3n) is 4.03. The molecule has 4 nitrogen and oxygen atoms in total. The number of hydrogen-bond donors (Lipinski definition) is 2. The average Bonchev–Trinajstić information content (AvgIpc) is 2.48. The summed E-state index contributed by atoms with van der Waals surface area (Å²) < 4.78 is 5.19. The van der Waals surface area contributed by atoms with E-state index >= 15 is 0 Å². The van der Waals surface area contributed by atoms with Gasteiger partial charge in [-0.25, -0.2) is 0 Å². The van der Waals surface area contributed by atoms with Crippen molar-refractivity contribution in [2.45, 2.75) is 44.1 Å². The summed E-state index contributed by atoms with van der Waals surface area (Å²) in [5.41, 5.74) is 6.70. The first-order valence-corrected chi connectivity index (χ1v) is 7.34. The minimum absolute atomic E-state index is 0. The number of ether oxygens (including phenoxy) is 1. The summed E-state index contributed by atoms with van der Waals surface area (Å²) in [4.78, 5) is 12.2. The molecule has 1 saturated carbocycles. The van der Waals surface area contributed by atoms with Gasteiger partial charge in [0.15, 0.2) is 0 Å². The lowest BCUT2D eigenvalue weighted by molar-refractivity contribution is -0.127. The average molecular weight is 313 g/mol. The van der Waals surface area contributed by atoms with Crippen LogP contribution in [0.15, 0.2) is 24.3 Å². The van der Waals surface area contributed by atoms with E-state index in [-0.39, 0.29) is 18.3 Å². The molecule has 21 heavy (non-hydrogen) atoms. The minimum atomic E-state index is -0.646. The van der Waals surface area contributed by atoms with Crippen LogP contribution in [0.3, 0.4) is 0 Å². The van der Waals surface area contributed by atoms with E-state index in [1.807, 2.05) is 24.3 Å². The van der Waals surface area contributed by atoms with Crippen molar-refractivity contribution in [1.29, 1.82) is 0 Å². The summed E-state index contributed by atoms with van der Waals surface area (Å²) in [5, 5.41) is 2.97. The highest BCUT2D eigenvalue weighted by Gasteiger charge is 2.34. The molecule has 0 unspecified atom stereocenters. The van der Waals surface area contributed by atoms with Gasteiger partial charge in [0.05, 0.1) is 12.6 Å². The smallest absolute Gasteiger partial charge is 0.240 e. The molecule has 1 amide bonds. The number of nitrogens with one attached hydrogen (secondary N) is 1. The summed E-state index contributed by atoms with van der Waals surface area (Å²) in [7, 11) is 1.65. The molecule has 1 aromatic rings. The van der Waals surface area contributed by atoms with E-state index in [4.69, 9.17) is 10.5 Å². The molecule has 1 fully saturated rings. The first-order chi connectivity index (χ1) is 9.64. The van der Waals surface area contributed by atoms with E-state index in [1.54, 1.807) is 7.11 Å². The summed E-state index contributed by atoms with van der Waals surface area (Å²) in [6, 6.07) is 7.90. The van der Waals surface area contributed by atoms with E-state index in [1.165, 1.54) is 6.42 Å². The summed E-state index contributed by atoms with van der Waals surface area (Å²) in [6.07, 6.45) is 5.70. The van der Waals surface area contributed by atoms with Crippen LogP contribution >= 0.6 is 12.4 Å². The number of carbonyl (C=O) groups is 1. The van der Waals surface area contributed by atoms with Gasteiger partial charge in [0.1, 0.15) is 5.75 Å². The van der Waals surface area contributed by atoms with Crippen molar-refractivity contribution in [3.8, 4) is 5.75 Å². The molecule has 0 saturated heterocycles. The largest absolute Gasteiger partial charge is 0.497 e. The van der Waals surface area contributed by atoms with Gasteiger partial charge >= 0.3 is 0 Å². The molecule has 0 aromatic heterocycles. The Labute approximate surface area is 132 Å². The third-order valence-corrected chi connectivity index (χ3v) is 4.03. The van der Waals surface area contributed by atoms with Gasteiger partial charge in [-0.15, -0.1) is 12.4 Å². The predicted molar refractivity (Wildman–Crippen MR) is 87.0 cm³/mol. The van der Waals surface area contributed by atoms with Crippen LogP contribution in [-0.2, 0) is 11.2 Å². The van der Waals surface area contributed by atoms with Gasteiger partial charge in [-0.3, -0.25) is 4.79 Å². The van der Waals surface area contributed by atoms with Gasteiger partial charge in [-0.05, 0) is 37.0 Å². The van der Waals surface area contributed by atoms with Crippen molar-refractivity contribution in [1.82, 2.24) is 5.32 Å². The summed E-state index contributed by atoms with van der Waals surface area (Å²) >= 11 is 0. The van der Waals surface area contributed by atoms with Crippen LogP contribution in [0.2, 0.25) is 0 Å². The quantitative estimate of drug-likeness (QED) is 0.877. The highest BCUT2D eigenvalue weighted by Crippen LogP contribution is 2.25. The summed E-state index contributed by atoms with van der Waals surface area (Å²) in [5.74, 6) is 0.844. The van der Waals surface area contributed by atoms with Crippen LogP contribution in [0.25, 0.3) is 0 Å². The molecule has 3 N–H and O–H groups in total. The van der Waals surface area contributed by atoms with Gasteiger partial charge in [0.25, 0.3) is 0 Å². The molecule has 5 heteroatoms. The molecule has 0 atom stereocenters. The second kappa shape index (κ2) is 8.25. The molecule has 1 aliphatic carbocycles. The van der Waals surface area contributed by atoms with E-state index < -0.39 is 5.54 Å². The first-order valence-electron chi connectivity index (χ1n) is 7.34. The van der Waals surface area contributed by atoms with Crippen molar-refractivity contribution < 1.29 is 9.53 Å². The summed E-state index contributed by atoms with van der Waals surface area (Å²) in [6.45, 7) is 0.616. The van der Waals surface area contributed by atoms with Crippen LogP contribution in [0.5, 0.6) is 5.75 Å². The Kier molecular flexibility index (Phi) is 6.99. The number of rotatable bonds is 5. The van der Waals surface area contributed by atoms with Crippen LogP contribution < -0.4 is 15.8 Å². The molecule has 2 rings (SSSR count). The van der Waals surface area contributed by atoms with Crippen molar-refractivity contribution in [2.24, 2.45) is 5.73 Å². The van der Waals surface area contributed by atoms with Crippen molar-refractivity contribution >= 4 is 18.3 Å². The number of halogens is 1. The zero-order chi connectivity index (χ0) is 14.4. The topological polar surface area (TPSA) is 64.3 Å². The fourth-order valence-corrected chi connectivity index (χ4v) is 2.73. The molecule has 0 spiro atoms. The van der Waals surface area contributed by atoms with Crippen molar-refractivity contribution in [2.75, 3.05) is 13.7 Å². The number of nitrogens with two attached hydrogens (primary N) is 1. The lowest BCUT2D eigenvalue weighted by Gasteiger charge is -2.31. The SMILES string of the molecule is COc1cccc(CCNC(=O)C2(N)CCCCC2)c1.Cl. The standard InChI is InChI=1S/C16H24N2O2.ClH/c1-20-14-7-5-6-13(12-14)8-11-18-15(19)16(17)9-3-2-4-10-16;/h5-7,12H,2-4,8-11,17H2,1H3,(H,18,19);1H. The molecule has 0 bridgehead atoms. The van der Waals surface area contributed by atoms with Crippen molar-refractivity contribution in [3.05, 3.63) is 29.8 Å². The van der Waals surface area contributed by atoms with E-state index in [0.29, 0.717) is 6.54 Å². The van der Waals surface area contributed by atoms with Gasteiger partial charge in [-0.2, -0.15) is 0 Å². The molecule has 0 aliphatic heterocycles. The number of hydrogen-bond acceptors (Lipinski definition) is 3. The molecule has 1 aromatic carbocycles. The Morgan fingerprint density at radius 2 is 2.05 bits per heavy atom. The van der Waals surface area contributed by atoms with Gasteiger partial charge < -0.3 is 15.8 Å². The van der Waals surface area contributed by atoms with Gasteiger partial charge in [0.2, 0.25) is 5.91 Å². The first kappa shape index (κ1) is 17.8. The molecule has 0 heterocycles. The number of benzene rings is 1. The predicted octanol–water partition coefficient (Wildman–Crippen LogP) is 2.44. The lowest BCUT2D eigenvalue weighted by atomic mass is 9.82. The Balaban J connectivity index is 0.00000220. The molecular weight excluding hydrogens is 288 g/mol. The maximum Gasteiger partial charge on any atom is 0.240 e.